The first-order valence-electron chi connectivity index (χ1n) is 7.12. The summed E-state index contributed by atoms with van der Waals surface area (Å²) in [5, 5.41) is 11.4. The lowest BCUT2D eigenvalue weighted by atomic mass is 10.3. The van der Waals surface area contributed by atoms with E-state index in [0.717, 1.165) is 0 Å². The summed E-state index contributed by atoms with van der Waals surface area (Å²) in [4.78, 5) is 16.2. The van der Waals surface area contributed by atoms with Crippen molar-refractivity contribution in [3.05, 3.63) is 54.5 Å². The molecule has 24 heavy (non-hydrogen) atoms. The van der Waals surface area contributed by atoms with Crippen molar-refractivity contribution in [2.75, 3.05) is 11.1 Å². The molecule has 0 spiro atoms. The second-order valence-electron chi connectivity index (χ2n) is 4.93. The van der Waals surface area contributed by atoms with Gasteiger partial charge in [0.1, 0.15) is 11.5 Å². The molecule has 1 aromatic carbocycles. The van der Waals surface area contributed by atoms with Crippen molar-refractivity contribution in [1.82, 2.24) is 19.7 Å². The van der Waals surface area contributed by atoms with E-state index in [-0.39, 0.29) is 11.7 Å². The number of rotatable bonds is 5. The van der Waals surface area contributed by atoms with Crippen LogP contribution in [-0.2, 0) is 11.8 Å². The van der Waals surface area contributed by atoms with Gasteiger partial charge >= 0.3 is 0 Å². The van der Waals surface area contributed by atoms with Crippen LogP contribution in [0.3, 0.4) is 0 Å². The second-order valence-corrected chi connectivity index (χ2v) is 5.87. The van der Waals surface area contributed by atoms with Crippen molar-refractivity contribution >= 4 is 23.4 Å². The quantitative estimate of drug-likeness (QED) is 0.721. The molecule has 0 radical (unpaired) electrons. The van der Waals surface area contributed by atoms with E-state index in [1.54, 1.807) is 22.9 Å². The lowest BCUT2D eigenvalue weighted by molar-refractivity contribution is -0.113. The molecule has 0 unspecified atom stereocenters. The summed E-state index contributed by atoms with van der Waals surface area (Å²) >= 11 is 1.25. The van der Waals surface area contributed by atoms with E-state index in [2.05, 4.69) is 20.5 Å². The maximum Gasteiger partial charge on any atom is 0.234 e. The summed E-state index contributed by atoms with van der Waals surface area (Å²) in [5.74, 6) is 0.135. The Morgan fingerprint density at radius 1 is 1.25 bits per heavy atom. The molecule has 0 atom stereocenters. The number of pyridine rings is 1. The van der Waals surface area contributed by atoms with Gasteiger partial charge in [0.2, 0.25) is 5.91 Å². The smallest absolute Gasteiger partial charge is 0.234 e. The molecular formula is C16H14FN5OS. The lowest BCUT2D eigenvalue weighted by Crippen LogP contribution is -2.14. The number of carbonyl (C=O) groups is 1. The SMILES string of the molecule is Cn1c(SCC(=O)Nc2cccc(F)c2)nnc1-c1ccccn1. The van der Waals surface area contributed by atoms with Gasteiger partial charge in [-0.15, -0.1) is 10.2 Å². The second kappa shape index (κ2) is 7.22. The van der Waals surface area contributed by atoms with Gasteiger partial charge in [-0.05, 0) is 30.3 Å². The summed E-state index contributed by atoms with van der Waals surface area (Å²) in [5.41, 5.74) is 1.14. The Morgan fingerprint density at radius 3 is 2.88 bits per heavy atom. The minimum atomic E-state index is -0.395. The molecule has 3 aromatic rings. The van der Waals surface area contributed by atoms with E-state index in [0.29, 0.717) is 22.4 Å². The Labute approximate surface area is 142 Å². The van der Waals surface area contributed by atoms with Crippen molar-refractivity contribution < 1.29 is 9.18 Å². The van der Waals surface area contributed by atoms with Crippen LogP contribution in [-0.4, -0.2) is 31.4 Å². The number of thioether (sulfide) groups is 1. The molecule has 122 valence electrons. The summed E-state index contributed by atoms with van der Waals surface area (Å²) in [6.45, 7) is 0. The molecule has 0 aliphatic carbocycles. The molecule has 0 bridgehead atoms. The van der Waals surface area contributed by atoms with Crippen LogP contribution >= 0.6 is 11.8 Å². The molecule has 6 nitrogen and oxygen atoms in total. The topological polar surface area (TPSA) is 72.7 Å². The largest absolute Gasteiger partial charge is 0.325 e. The molecular weight excluding hydrogens is 329 g/mol. The van der Waals surface area contributed by atoms with E-state index in [1.807, 2.05) is 25.2 Å². The number of anilines is 1. The zero-order valence-corrected chi connectivity index (χ0v) is 13.6. The van der Waals surface area contributed by atoms with Crippen molar-refractivity contribution in [3.63, 3.8) is 0 Å². The first kappa shape index (κ1) is 16.1. The Morgan fingerprint density at radius 2 is 2.12 bits per heavy atom. The van der Waals surface area contributed by atoms with Gasteiger partial charge in [0.25, 0.3) is 0 Å². The predicted octanol–water partition coefficient (Wildman–Crippen LogP) is 2.75. The third-order valence-electron chi connectivity index (χ3n) is 3.17. The highest BCUT2D eigenvalue weighted by Crippen LogP contribution is 2.21. The number of amides is 1. The third kappa shape index (κ3) is 3.77. The number of aromatic nitrogens is 4. The standard InChI is InChI=1S/C16H14FN5OS/c1-22-15(13-7-2-3-8-18-13)20-21-16(22)24-10-14(23)19-12-6-4-5-11(17)9-12/h2-9H,10H2,1H3,(H,19,23). The first-order valence-corrected chi connectivity index (χ1v) is 8.11. The van der Waals surface area contributed by atoms with Crippen molar-refractivity contribution in [2.24, 2.45) is 7.05 Å². The maximum atomic E-state index is 13.1. The molecule has 0 fully saturated rings. The maximum absolute atomic E-state index is 13.1. The highest BCUT2D eigenvalue weighted by molar-refractivity contribution is 7.99. The van der Waals surface area contributed by atoms with Crippen LogP contribution in [0, 0.1) is 5.82 Å². The van der Waals surface area contributed by atoms with Crippen LogP contribution < -0.4 is 5.32 Å². The van der Waals surface area contributed by atoms with Gasteiger partial charge in [0.15, 0.2) is 11.0 Å². The fraction of sp³-hybridized carbons (Fsp3) is 0.125. The van der Waals surface area contributed by atoms with Gasteiger partial charge in [0, 0.05) is 18.9 Å². The first-order chi connectivity index (χ1) is 11.6. The Hall–Kier alpha value is -2.74. The molecule has 0 saturated heterocycles. The molecule has 0 aliphatic heterocycles. The Balaban J connectivity index is 1.63. The van der Waals surface area contributed by atoms with E-state index < -0.39 is 5.82 Å². The van der Waals surface area contributed by atoms with Crippen LogP contribution in [0.25, 0.3) is 11.5 Å². The van der Waals surface area contributed by atoms with Crippen LogP contribution in [0.1, 0.15) is 0 Å². The van der Waals surface area contributed by atoms with Crippen LogP contribution in [0.4, 0.5) is 10.1 Å². The van der Waals surface area contributed by atoms with Crippen LogP contribution in [0.15, 0.2) is 53.8 Å². The predicted molar refractivity (Wildman–Crippen MR) is 90.0 cm³/mol. The Kier molecular flexibility index (Phi) is 4.85. The number of halogens is 1. The molecule has 1 amide bonds. The van der Waals surface area contributed by atoms with Crippen LogP contribution in [0.2, 0.25) is 0 Å². The number of nitrogens with zero attached hydrogens (tertiary/aromatic N) is 4. The lowest BCUT2D eigenvalue weighted by Gasteiger charge is -2.05. The Bertz CT molecular complexity index is 853. The van der Waals surface area contributed by atoms with E-state index in [9.17, 15) is 9.18 Å². The molecule has 8 heteroatoms. The highest BCUT2D eigenvalue weighted by Gasteiger charge is 2.13. The van der Waals surface area contributed by atoms with Crippen molar-refractivity contribution in [2.45, 2.75) is 5.16 Å². The molecule has 0 aliphatic rings. The number of hydrogen-bond acceptors (Lipinski definition) is 5. The van der Waals surface area contributed by atoms with E-state index in [1.165, 1.54) is 23.9 Å². The fourth-order valence-corrected chi connectivity index (χ4v) is 2.76. The summed E-state index contributed by atoms with van der Waals surface area (Å²) < 4.78 is 14.9. The van der Waals surface area contributed by atoms with Gasteiger partial charge in [-0.1, -0.05) is 23.9 Å². The highest BCUT2D eigenvalue weighted by atomic mass is 32.2. The summed E-state index contributed by atoms with van der Waals surface area (Å²) in [7, 11) is 1.82. The van der Waals surface area contributed by atoms with Gasteiger partial charge in [0.05, 0.1) is 5.75 Å². The van der Waals surface area contributed by atoms with E-state index in [4.69, 9.17) is 0 Å². The normalized spacial score (nSPS) is 10.6. The number of nitrogens with one attached hydrogen (secondary N) is 1. The average molecular weight is 343 g/mol. The summed E-state index contributed by atoms with van der Waals surface area (Å²) in [6.07, 6.45) is 1.68. The number of hydrogen-bond donors (Lipinski definition) is 1. The monoisotopic (exact) mass is 343 g/mol. The molecule has 0 saturated carbocycles. The molecule has 1 N–H and O–H groups in total. The van der Waals surface area contributed by atoms with Gasteiger partial charge in [-0.2, -0.15) is 0 Å². The van der Waals surface area contributed by atoms with Crippen molar-refractivity contribution in [1.29, 1.82) is 0 Å². The minimum Gasteiger partial charge on any atom is -0.325 e. The summed E-state index contributed by atoms with van der Waals surface area (Å²) in [6, 6.07) is 11.3. The zero-order chi connectivity index (χ0) is 16.9. The van der Waals surface area contributed by atoms with E-state index >= 15 is 0 Å². The fourth-order valence-electron chi connectivity index (χ4n) is 2.05. The van der Waals surface area contributed by atoms with Crippen LogP contribution in [0.5, 0.6) is 0 Å². The van der Waals surface area contributed by atoms with Gasteiger partial charge < -0.3 is 9.88 Å². The molecule has 2 aromatic heterocycles. The van der Waals surface area contributed by atoms with Crippen molar-refractivity contribution in [3.8, 4) is 11.5 Å². The average Bonchev–Trinajstić information content (AvgIpc) is 2.94. The number of carbonyl (C=O) groups excluding carboxylic acids is 1. The minimum absolute atomic E-state index is 0.144. The zero-order valence-electron chi connectivity index (χ0n) is 12.8. The van der Waals surface area contributed by atoms with Gasteiger partial charge in [-0.3, -0.25) is 9.78 Å². The number of benzene rings is 1. The van der Waals surface area contributed by atoms with Gasteiger partial charge in [-0.25, -0.2) is 4.39 Å². The molecule has 2 heterocycles. The third-order valence-corrected chi connectivity index (χ3v) is 4.19. The molecule has 3 rings (SSSR count).